The van der Waals surface area contributed by atoms with E-state index >= 15 is 0 Å². The highest BCUT2D eigenvalue weighted by Crippen LogP contribution is 2.31. The molecule has 0 aliphatic rings. The summed E-state index contributed by atoms with van der Waals surface area (Å²) in [4.78, 5) is 4.30. The Morgan fingerprint density at radius 1 is 1.21 bits per heavy atom. The van der Waals surface area contributed by atoms with Crippen molar-refractivity contribution >= 4 is 5.82 Å². The number of methoxy groups -OCH3 is 1. The Morgan fingerprint density at radius 3 is 2.47 bits per heavy atom. The van der Waals surface area contributed by atoms with Crippen LogP contribution in [0.2, 0.25) is 0 Å². The number of aromatic nitrogens is 1. The zero-order chi connectivity index (χ0) is 13.8. The summed E-state index contributed by atoms with van der Waals surface area (Å²) in [6.07, 6.45) is 0. The quantitative estimate of drug-likeness (QED) is 0.915. The minimum absolute atomic E-state index is 0.502. The van der Waals surface area contributed by atoms with Crippen LogP contribution in [0.4, 0.5) is 5.82 Å². The van der Waals surface area contributed by atoms with Gasteiger partial charge in [0.05, 0.1) is 19.4 Å². The smallest absolute Gasteiger partial charge is 0.140 e. The van der Waals surface area contributed by atoms with Crippen molar-refractivity contribution in [1.29, 1.82) is 0 Å². The van der Waals surface area contributed by atoms with E-state index in [-0.39, 0.29) is 0 Å². The number of nitrogens with zero attached hydrogens (tertiary/aromatic N) is 1. The fraction of sp³-hybridized carbons (Fsp3) is 0.267. The molecule has 2 rings (SSSR count). The Hall–Kier alpha value is -2.23. The molecule has 2 N–H and O–H groups in total. The number of nitrogen functional groups attached to an aromatic ring is 1. The molecule has 0 spiro atoms. The molecule has 19 heavy (non-hydrogen) atoms. The molecule has 0 aliphatic heterocycles. The van der Waals surface area contributed by atoms with Crippen LogP contribution in [0.25, 0.3) is 11.1 Å². The number of anilines is 1. The van der Waals surface area contributed by atoms with Crippen molar-refractivity contribution in [1.82, 2.24) is 4.98 Å². The van der Waals surface area contributed by atoms with E-state index < -0.39 is 0 Å². The average Bonchev–Trinajstić information content (AvgIpc) is 2.41. The molecule has 100 valence electrons. The summed E-state index contributed by atoms with van der Waals surface area (Å²) in [7, 11) is 1.63. The van der Waals surface area contributed by atoms with Gasteiger partial charge in [0, 0.05) is 5.56 Å². The normalized spacial score (nSPS) is 10.3. The number of ether oxygens (including phenoxy) is 2. The van der Waals surface area contributed by atoms with Crippen molar-refractivity contribution in [3.8, 4) is 22.6 Å². The van der Waals surface area contributed by atoms with Gasteiger partial charge in [0.15, 0.2) is 0 Å². The lowest BCUT2D eigenvalue weighted by Crippen LogP contribution is -1.99. The van der Waals surface area contributed by atoms with Gasteiger partial charge in [-0.05, 0) is 37.6 Å². The maximum atomic E-state index is 5.98. The van der Waals surface area contributed by atoms with Gasteiger partial charge in [0.2, 0.25) is 0 Å². The zero-order valence-corrected chi connectivity index (χ0v) is 11.4. The highest BCUT2D eigenvalue weighted by atomic mass is 16.5. The van der Waals surface area contributed by atoms with Gasteiger partial charge in [-0.1, -0.05) is 12.1 Å². The molecular weight excluding hydrogens is 240 g/mol. The Morgan fingerprint density at radius 2 is 1.89 bits per heavy atom. The molecule has 0 saturated heterocycles. The SMILES string of the molecule is CCOc1ccc(-c2cc(OC)c(C)nc2N)cc1. The first-order valence-corrected chi connectivity index (χ1v) is 6.20. The van der Waals surface area contributed by atoms with Crippen molar-refractivity contribution in [2.75, 3.05) is 19.5 Å². The first-order valence-electron chi connectivity index (χ1n) is 6.20. The van der Waals surface area contributed by atoms with Crippen molar-refractivity contribution in [2.45, 2.75) is 13.8 Å². The van der Waals surface area contributed by atoms with Crippen molar-refractivity contribution in [3.63, 3.8) is 0 Å². The van der Waals surface area contributed by atoms with E-state index in [0.29, 0.717) is 12.4 Å². The summed E-state index contributed by atoms with van der Waals surface area (Å²) in [6, 6.07) is 9.68. The zero-order valence-electron chi connectivity index (χ0n) is 11.4. The summed E-state index contributed by atoms with van der Waals surface area (Å²) in [6.45, 7) is 4.49. The fourth-order valence-electron chi connectivity index (χ4n) is 1.94. The monoisotopic (exact) mass is 258 g/mol. The molecule has 1 aromatic heterocycles. The molecule has 0 unspecified atom stereocenters. The van der Waals surface area contributed by atoms with E-state index in [0.717, 1.165) is 28.3 Å². The Bertz CT molecular complexity index is 565. The average molecular weight is 258 g/mol. The van der Waals surface area contributed by atoms with Gasteiger partial charge in [0.1, 0.15) is 17.3 Å². The number of rotatable bonds is 4. The standard InChI is InChI=1S/C15H18N2O2/c1-4-19-12-7-5-11(6-8-12)13-9-14(18-3)10(2)17-15(13)16/h5-9H,4H2,1-3H3,(H2,16,17). The predicted molar refractivity (Wildman–Crippen MR) is 76.5 cm³/mol. The summed E-state index contributed by atoms with van der Waals surface area (Å²) < 4.78 is 10.7. The van der Waals surface area contributed by atoms with Gasteiger partial charge >= 0.3 is 0 Å². The van der Waals surface area contributed by atoms with Crippen LogP contribution < -0.4 is 15.2 Å². The van der Waals surface area contributed by atoms with E-state index in [1.165, 1.54) is 0 Å². The molecule has 0 amide bonds. The molecule has 4 nitrogen and oxygen atoms in total. The van der Waals surface area contributed by atoms with E-state index in [2.05, 4.69) is 4.98 Å². The van der Waals surface area contributed by atoms with Gasteiger partial charge < -0.3 is 15.2 Å². The lowest BCUT2D eigenvalue weighted by Gasteiger charge is -2.11. The topological polar surface area (TPSA) is 57.4 Å². The van der Waals surface area contributed by atoms with E-state index in [4.69, 9.17) is 15.2 Å². The van der Waals surface area contributed by atoms with Crippen LogP contribution >= 0.6 is 0 Å². The fourth-order valence-corrected chi connectivity index (χ4v) is 1.94. The molecule has 2 aromatic rings. The molecule has 0 aliphatic carbocycles. The molecular formula is C15H18N2O2. The van der Waals surface area contributed by atoms with E-state index in [1.54, 1.807) is 7.11 Å². The van der Waals surface area contributed by atoms with E-state index in [1.807, 2.05) is 44.2 Å². The van der Waals surface area contributed by atoms with Crippen molar-refractivity contribution in [2.24, 2.45) is 0 Å². The minimum atomic E-state index is 0.502. The minimum Gasteiger partial charge on any atom is -0.495 e. The number of hydrogen-bond acceptors (Lipinski definition) is 4. The van der Waals surface area contributed by atoms with Crippen LogP contribution in [0, 0.1) is 6.92 Å². The predicted octanol–water partition coefficient (Wildman–Crippen LogP) is 3.05. The highest BCUT2D eigenvalue weighted by molar-refractivity contribution is 5.75. The second kappa shape index (κ2) is 5.61. The third-order valence-electron chi connectivity index (χ3n) is 2.89. The molecule has 4 heteroatoms. The molecule has 0 atom stereocenters. The van der Waals surface area contributed by atoms with Crippen LogP contribution in [-0.4, -0.2) is 18.7 Å². The third kappa shape index (κ3) is 2.78. The lowest BCUT2D eigenvalue weighted by atomic mass is 10.1. The van der Waals surface area contributed by atoms with Gasteiger partial charge in [-0.15, -0.1) is 0 Å². The summed E-state index contributed by atoms with van der Waals surface area (Å²) in [5, 5.41) is 0. The number of aryl methyl sites for hydroxylation is 1. The summed E-state index contributed by atoms with van der Waals surface area (Å²) >= 11 is 0. The largest absolute Gasteiger partial charge is 0.495 e. The Kier molecular flexibility index (Phi) is 3.90. The number of benzene rings is 1. The summed E-state index contributed by atoms with van der Waals surface area (Å²) in [5.74, 6) is 2.08. The van der Waals surface area contributed by atoms with Crippen molar-refractivity contribution < 1.29 is 9.47 Å². The second-order valence-electron chi connectivity index (χ2n) is 4.17. The van der Waals surface area contributed by atoms with Crippen LogP contribution in [0.5, 0.6) is 11.5 Å². The Balaban J connectivity index is 2.40. The van der Waals surface area contributed by atoms with Gasteiger partial charge in [0.25, 0.3) is 0 Å². The second-order valence-corrected chi connectivity index (χ2v) is 4.17. The maximum absolute atomic E-state index is 5.98. The van der Waals surface area contributed by atoms with Crippen LogP contribution in [0.1, 0.15) is 12.6 Å². The van der Waals surface area contributed by atoms with E-state index in [9.17, 15) is 0 Å². The van der Waals surface area contributed by atoms with Crippen LogP contribution in [-0.2, 0) is 0 Å². The van der Waals surface area contributed by atoms with Gasteiger partial charge in [-0.25, -0.2) is 4.98 Å². The van der Waals surface area contributed by atoms with Crippen LogP contribution in [0.3, 0.4) is 0 Å². The Labute approximate surface area is 113 Å². The molecule has 0 fully saturated rings. The first-order chi connectivity index (χ1) is 9.15. The number of nitrogens with two attached hydrogens (primary N) is 1. The molecule has 0 bridgehead atoms. The molecule has 1 aromatic carbocycles. The molecule has 0 saturated carbocycles. The first kappa shape index (κ1) is 13.2. The van der Waals surface area contributed by atoms with Crippen LogP contribution in [0.15, 0.2) is 30.3 Å². The lowest BCUT2D eigenvalue weighted by molar-refractivity contribution is 0.340. The van der Waals surface area contributed by atoms with Gasteiger partial charge in [-0.2, -0.15) is 0 Å². The molecule has 1 heterocycles. The number of hydrogen-bond donors (Lipinski definition) is 1. The summed E-state index contributed by atoms with van der Waals surface area (Å²) in [5.41, 5.74) is 8.62. The van der Waals surface area contributed by atoms with Gasteiger partial charge in [-0.3, -0.25) is 0 Å². The maximum Gasteiger partial charge on any atom is 0.140 e. The third-order valence-corrected chi connectivity index (χ3v) is 2.89. The highest BCUT2D eigenvalue weighted by Gasteiger charge is 2.09. The van der Waals surface area contributed by atoms with Crippen molar-refractivity contribution in [3.05, 3.63) is 36.0 Å². The molecule has 0 radical (unpaired) electrons. The number of pyridine rings is 1.